The second-order valence-corrected chi connectivity index (χ2v) is 4.63. The van der Waals surface area contributed by atoms with E-state index >= 15 is 0 Å². The summed E-state index contributed by atoms with van der Waals surface area (Å²) in [6.07, 6.45) is 1.11. The lowest BCUT2D eigenvalue weighted by molar-refractivity contribution is -0.151. The minimum atomic E-state index is -1.23. The molecule has 1 saturated heterocycles. The Bertz CT molecular complexity index is 298. The van der Waals surface area contributed by atoms with Gasteiger partial charge in [0.1, 0.15) is 0 Å². The van der Waals surface area contributed by atoms with Gasteiger partial charge in [0.25, 0.3) is 5.91 Å². The largest absolute Gasteiger partial charge is 0.464 e. The van der Waals surface area contributed by atoms with E-state index in [1.165, 1.54) is 0 Å². The van der Waals surface area contributed by atoms with Crippen LogP contribution < -0.4 is 5.73 Å². The van der Waals surface area contributed by atoms with Crippen LogP contribution in [0.15, 0.2) is 0 Å². The minimum Gasteiger partial charge on any atom is -0.464 e. The summed E-state index contributed by atoms with van der Waals surface area (Å²) >= 11 is 0. The van der Waals surface area contributed by atoms with Crippen LogP contribution in [0.25, 0.3) is 0 Å². The first-order chi connectivity index (χ1) is 8.47. The van der Waals surface area contributed by atoms with Crippen molar-refractivity contribution in [2.24, 2.45) is 11.7 Å². The van der Waals surface area contributed by atoms with E-state index in [1.807, 2.05) is 0 Å². The average molecular weight is 258 g/mol. The predicted molar refractivity (Wildman–Crippen MR) is 65.6 cm³/mol. The van der Waals surface area contributed by atoms with Crippen LogP contribution in [0, 0.1) is 5.92 Å². The van der Waals surface area contributed by atoms with Crippen molar-refractivity contribution in [3.8, 4) is 0 Å². The van der Waals surface area contributed by atoms with Gasteiger partial charge in [-0.1, -0.05) is 0 Å². The highest BCUT2D eigenvalue weighted by Crippen LogP contribution is 2.20. The Morgan fingerprint density at radius 3 is 2.44 bits per heavy atom. The highest BCUT2D eigenvalue weighted by atomic mass is 16.5. The Labute approximate surface area is 107 Å². The van der Waals surface area contributed by atoms with Gasteiger partial charge < -0.3 is 20.5 Å². The predicted octanol–water partition coefficient (Wildman–Crippen LogP) is -0.504. The van der Waals surface area contributed by atoms with Crippen molar-refractivity contribution in [3.05, 3.63) is 0 Å². The van der Waals surface area contributed by atoms with Gasteiger partial charge in [-0.3, -0.25) is 4.79 Å². The fourth-order valence-corrected chi connectivity index (χ4v) is 2.13. The van der Waals surface area contributed by atoms with Crippen molar-refractivity contribution in [1.82, 2.24) is 4.90 Å². The number of hydrogen-bond donors (Lipinski definition) is 2. The molecule has 104 valence electrons. The molecule has 0 aromatic carbocycles. The van der Waals surface area contributed by atoms with E-state index in [0.717, 1.165) is 12.8 Å². The topological polar surface area (TPSA) is 92.9 Å². The fraction of sp³-hybridized carbons (Fsp3) is 0.833. The lowest BCUT2D eigenvalue weighted by Gasteiger charge is -2.34. The zero-order valence-corrected chi connectivity index (χ0v) is 11.0. The molecule has 1 fully saturated rings. The summed E-state index contributed by atoms with van der Waals surface area (Å²) in [5.74, 6) is -0.856. The Morgan fingerprint density at radius 2 is 2.00 bits per heavy atom. The van der Waals surface area contributed by atoms with Crippen LogP contribution in [0.4, 0.5) is 0 Å². The average Bonchev–Trinajstić information content (AvgIpc) is 2.37. The summed E-state index contributed by atoms with van der Waals surface area (Å²) in [4.78, 5) is 24.9. The molecule has 0 aromatic rings. The molecule has 0 saturated carbocycles. The van der Waals surface area contributed by atoms with Gasteiger partial charge in [0.05, 0.1) is 12.7 Å². The number of hydrogen-bond acceptors (Lipinski definition) is 5. The fourth-order valence-electron chi connectivity index (χ4n) is 2.13. The van der Waals surface area contributed by atoms with E-state index in [0.29, 0.717) is 13.1 Å². The molecule has 6 nitrogen and oxygen atoms in total. The number of carbonyl (C=O) groups is 2. The zero-order chi connectivity index (χ0) is 13.7. The van der Waals surface area contributed by atoms with E-state index in [4.69, 9.17) is 10.5 Å². The number of ether oxygens (including phenoxy) is 1. The molecule has 3 N–H and O–H groups in total. The zero-order valence-electron chi connectivity index (χ0n) is 11.0. The molecule has 1 heterocycles. The lowest BCUT2D eigenvalue weighted by Crippen LogP contribution is -2.51. The Morgan fingerprint density at radius 1 is 1.44 bits per heavy atom. The van der Waals surface area contributed by atoms with Gasteiger partial charge in [-0.15, -0.1) is 0 Å². The molecule has 18 heavy (non-hydrogen) atoms. The van der Waals surface area contributed by atoms with Crippen molar-refractivity contribution < 1.29 is 19.4 Å². The van der Waals surface area contributed by atoms with Gasteiger partial charge >= 0.3 is 5.97 Å². The summed E-state index contributed by atoms with van der Waals surface area (Å²) in [5.41, 5.74) is 5.56. The molecule has 1 aliphatic rings. The number of piperidine rings is 1. The van der Waals surface area contributed by atoms with E-state index < -0.39 is 17.9 Å². The number of amides is 1. The van der Waals surface area contributed by atoms with Gasteiger partial charge in [0.15, 0.2) is 6.04 Å². The van der Waals surface area contributed by atoms with E-state index in [2.05, 4.69) is 0 Å². The summed E-state index contributed by atoms with van der Waals surface area (Å²) in [6, 6.07) is -1.23. The smallest absolute Gasteiger partial charge is 0.332 e. The Hall–Kier alpha value is -1.14. The van der Waals surface area contributed by atoms with Gasteiger partial charge in [-0.25, -0.2) is 4.79 Å². The van der Waals surface area contributed by atoms with Crippen molar-refractivity contribution in [1.29, 1.82) is 0 Å². The molecule has 0 spiro atoms. The maximum atomic E-state index is 11.9. The molecule has 1 amide bonds. The van der Waals surface area contributed by atoms with Crippen molar-refractivity contribution >= 4 is 11.9 Å². The number of nitrogens with zero attached hydrogens (tertiary/aromatic N) is 1. The number of rotatable bonds is 4. The van der Waals surface area contributed by atoms with E-state index in [9.17, 15) is 14.7 Å². The summed E-state index contributed by atoms with van der Waals surface area (Å²) < 4.78 is 4.72. The number of carbonyl (C=O) groups excluding carboxylic acids is 2. The molecule has 2 atom stereocenters. The molecule has 0 aliphatic carbocycles. The van der Waals surface area contributed by atoms with Crippen molar-refractivity contribution in [3.63, 3.8) is 0 Å². The van der Waals surface area contributed by atoms with Crippen molar-refractivity contribution in [2.45, 2.75) is 38.8 Å². The van der Waals surface area contributed by atoms with Gasteiger partial charge in [0, 0.05) is 13.1 Å². The number of aliphatic hydroxyl groups excluding tert-OH is 1. The number of aliphatic hydroxyl groups is 1. The van der Waals surface area contributed by atoms with Gasteiger partial charge in [0.2, 0.25) is 0 Å². The lowest BCUT2D eigenvalue weighted by atomic mass is 9.92. The third-order valence-electron chi connectivity index (χ3n) is 3.34. The maximum Gasteiger partial charge on any atom is 0.332 e. The van der Waals surface area contributed by atoms with Crippen LogP contribution in [0.5, 0.6) is 0 Å². The summed E-state index contributed by atoms with van der Waals surface area (Å²) in [5, 5.41) is 9.47. The third kappa shape index (κ3) is 3.68. The van der Waals surface area contributed by atoms with Crippen LogP contribution in [0.1, 0.15) is 26.7 Å². The highest BCUT2D eigenvalue weighted by Gasteiger charge is 2.31. The molecule has 1 rings (SSSR count). The number of nitrogens with two attached hydrogens (primary N) is 1. The molecule has 6 heteroatoms. The highest BCUT2D eigenvalue weighted by molar-refractivity contribution is 6.01. The molecule has 1 aliphatic heterocycles. The second kappa shape index (κ2) is 6.70. The quantitative estimate of drug-likeness (QED) is 0.523. The van der Waals surface area contributed by atoms with Gasteiger partial charge in [-0.2, -0.15) is 0 Å². The maximum absolute atomic E-state index is 11.9. The molecule has 0 aromatic heterocycles. The SMILES string of the molecule is CCOC(=O)C(N)C(=O)N1CCC(C(C)O)CC1. The van der Waals surface area contributed by atoms with Crippen molar-refractivity contribution in [2.75, 3.05) is 19.7 Å². The third-order valence-corrected chi connectivity index (χ3v) is 3.34. The van der Waals surface area contributed by atoms with Crippen LogP contribution in [-0.4, -0.2) is 53.7 Å². The normalized spacial score (nSPS) is 20.3. The van der Waals surface area contributed by atoms with Crippen LogP contribution in [-0.2, 0) is 14.3 Å². The minimum absolute atomic E-state index is 0.212. The molecule has 2 unspecified atom stereocenters. The summed E-state index contributed by atoms with van der Waals surface area (Å²) in [6.45, 7) is 4.70. The standard InChI is InChI=1S/C12H22N2O4/c1-3-18-12(17)10(13)11(16)14-6-4-9(5-7-14)8(2)15/h8-10,15H,3-7,13H2,1-2H3. The molecular weight excluding hydrogens is 236 g/mol. The second-order valence-electron chi connectivity index (χ2n) is 4.63. The van der Waals surface area contributed by atoms with Gasteiger partial charge in [-0.05, 0) is 32.6 Å². The molecule has 0 radical (unpaired) electrons. The van der Waals surface area contributed by atoms with Crippen LogP contribution >= 0.6 is 0 Å². The molecule has 0 bridgehead atoms. The van der Waals surface area contributed by atoms with E-state index in [1.54, 1.807) is 18.7 Å². The van der Waals surface area contributed by atoms with Crippen LogP contribution in [0.2, 0.25) is 0 Å². The monoisotopic (exact) mass is 258 g/mol. The van der Waals surface area contributed by atoms with E-state index in [-0.39, 0.29) is 18.6 Å². The Balaban J connectivity index is 2.47. The van der Waals surface area contributed by atoms with Crippen LogP contribution in [0.3, 0.4) is 0 Å². The Kier molecular flexibility index (Phi) is 5.55. The first-order valence-electron chi connectivity index (χ1n) is 6.36. The molecular formula is C12H22N2O4. The number of esters is 1. The number of likely N-dealkylation sites (tertiary alicyclic amines) is 1. The summed E-state index contributed by atoms with van der Waals surface area (Å²) in [7, 11) is 0. The first kappa shape index (κ1) is 14.9. The first-order valence-corrected chi connectivity index (χ1v) is 6.36.